The molecule has 0 bridgehead atoms. The summed E-state index contributed by atoms with van der Waals surface area (Å²) >= 11 is 1.68. The summed E-state index contributed by atoms with van der Waals surface area (Å²) < 4.78 is 0. The number of amides is 1. The smallest absolute Gasteiger partial charge is 0.253 e. The number of carbonyl (C=O) groups excluding carboxylic acids is 1. The molecule has 1 rings (SSSR count). The molecule has 0 fully saturated rings. The Morgan fingerprint density at radius 3 is 2.20 bits per heavy atom. The van der Waals surface area contributed by atoms with Crippen molar-refractivity contribution >= 4 is 17.7 Å². The van der Waals surface area contributed by atoms with Gasteiger partial charge in [0.25, 0.3) is 5.91 Å². The minimum Gasteiger partial charge on any atom is -0.339 e. The molecule has 0 radical (unpaired) electrons. The third-order valence-electron chi connectivity index (χ3n) is 2.43. The fraction of sp³-hybridized carbons (Fsp3) is 0.417. The van der Waals surface area contributed by atoms with Crippen molar-refractivity contribution in [1.82, 2.24) is 4.90 Å². The van der Waals surface area contributed by atoms with Crippen molar-refractivity contribution in [3.63, 3.8) is 0 Å². The third kappa shape index (κ3) is 2.99. The molecular formula is C12H17NOS. The summed E-state index contributed by atoms with van der Waals surface area (Å²) in [5.41, 5.74) is 0.754. The minimum absolute atomic E-state index is 0.0812. The van der Waals surface area contributed by atoms with Crippen LogP contribution in [0.3, 0.4) is 0 Å². The van der Waals surface area contributed by atoms with Gasteiger partial charge >= 0.3 is 0 Å². The predicted molar refractivity (Wildman–Crippen MR) is 65.5 cm³/mol. The number of carbonyl (C=O) groups is 1. The maximum Gasteiger partial charge on any atom is 0.253 e. The topological polar surface area (TPSA) is 20.3 Å². The lowest BCUT2D eigenvalue weighted by Gasteiger charge is -2.21. The molecule has 0 spiro atoms. The second-order valence-corrected chi connectivity index (χ2v) is 4.62. The van der Waals surface area contributed by atoms with Crippen LogP contribution in [-0.2, 0) is 0 Å². The lowest BCUT2D eigenvalue weighted by Crippen LogP contribution is -2.32. The first-order chi connectivity index (χ1) is 7.06. The van der Waals surface area contributed by atoms with Crippen molar-refractivity contribution in [2.75, 3.05) is 13.3 Å². The molecule has 0 aliphatic carbocycles. The molecule has 0 atom stereocenters. The van der Waals surface area contributed by atoms with Gasteiger partial charge in [0.1, 0.15) is 0 Å². The van der Waals surface area contributed by atoms with Gasteiger partial charge in [-0.05, 0) is 44.4 Å². The molecule has 0 aliphatic rings. The maximum absolute atomic E-state index is 11.9. The van der Waals surface area contributed by atoms with Crippen LogP contribution in [0, 0.1) is 0 Å². The van der Waals surface area contributed by atoms with Crippen molar-refractivity contribution < 1.29 is 4.79 Å². The molecule has 15 heavy (non-hydrogen) atoms. The summed E-state index contributed by atoms with van der Waals surface area (Å²) in [7, 11) is 1.83. The highest BCUT2D eigenvalue weighted by Crippen LogP contribution is 2.16. The molecule has 0 saturated carbocycles. The second kappa shape index (κ2) is 5.21. The van der Waals surface area contributed by atoms with Gasteiger partial charge in [-0.15, -0.1) is 11.8 Å². The van der Waals surface area contributed by atoms with Gasteiger partial charge in [0.15, 0.2) is 0 Å². The Bertz CT molecular complexity index is 332. The van der Waals surface area contributed by atoms with E-state index in [9.17, 15) is 4.79 Å². The molecule has 0 saturated heterocycles. The maximum atomic E-state index is 11.9. The van der Waals surface area contributed by atoms with Gasteiger partial charge in [0.05, 0.1) is 0 Å². The van der Waals surface area contributed by atoms with Gasteiger partial charge in [-0.1, -0.05) is 0 Å². The highest BCUT2D eigenvalue weighted by molar-refractivity contribution is 7.98. The van der Waals surface area contributed by atoms with E-state index in [2.05, 4.69) is 0 Å². The minimum atomic E-state index is 0.0812. The van der Waals surface area contributed by atoms with Gasteiger partial charge in [-0.2, -0.15) is 0 Å². The Labute approximate surface area is 95.7 Å². The zero-order chi connectivity index (χ0) is 11.4. The Balaban J connectivity index is 2.83. The molecule has 0 unspecified atom stereocenters. The largest absolute Gasteiger partial charge is 0.339 e. The normalized spacial score (nSPS) is 10.5. The van der Waals surface area contributed by atoms with E-state index < -0.39 is 0 Å². The van der Waals surface area contributed by atoms with E-state index in [0.29, 0.717) is 0 Å². The lowest BCUT2D eigenvalue weighted by molar-refractivity contribution is 0.0755. The average molecular weight is 223 g/mol. The number of thioether (sulfide) groups is 1. The molecular weight excluding hydrogens is 206 g/mol. The van der Waals surface area contributed by atoms with Gasteiger partial charge in [0, 0.05) is 23.5 Å². The molecule has 0 N–H and O–H groups in total. The van der Waals surface area contributed by atoms with E-state index in [1.807, 2.05) is 51.4 Å². The summed E-state index contributed by atoms with van der Waals surface area (Å²) in [6.45, 7) is 4.02. The quantitative estimate of drug-likeness (QED) is 0.734. The Hall–Kier alpha value is -0.960. The van der Waals surface area contributed by atoms with E-state index >= 15 is 0 Å². The molecule has 1 amide bonds. The molecule has 3 heteroatoms. The predicted octanol–water partition coefficient (Wildman–Crippen LogP) is 2.89. The van der Waals surface area contributed by atoms with Crippen LogP contribution in [0.4, 0.5) is 0 Å². The number of benzene rings is 1. The Morgan fingerprint density at radius 2 is 1.80 bits per heavy atom. The molecule has 0 heterocycles. The van der Waals surface area contributed by atoms with Gasteiger partial charge in [0.2, 0.25) is 0 Å². The number of rotatable bonds is 3. The molecule has 1 aromatic carbocycles. The van der Waals surface area contributed by atoms with E-state index in [1.165, 1.54) is 4.90 Å². The van der Waals surface area contributed by atoms with Crippen molar-refractivity contribution in [3.05, 3.63) is 29.8 Å². The molecule has 2 nitrogen and oxygen atoms in total. The van der Waals surface area contributed by atoms with Crippen LogP contribution >= 0.6 is 11.8 Å². The third-order valence-corrected chi connectivity index (χ3v) is 3.18. The van der Waals surface area contributed by atoms with Crippen molar-refractivity contribution in [3.8, 4) is 0 Å². The van der Waals surface area contributed by atoms with E-state index in [-0.39, 0.29) is 11.9 Å². The SMILES string of the molecule is CSc1ccc(C(=O)N(C)C(C)C)cc1. The van der Waals surface area contributed by atoms with Crippen molar-refractivity contribution in [2.45, 2.75) is 24.8 Å². The van der Waals surface area contributed by atoms with Crippen LogP contribution < -0.4 is 0 Å². The second-order valence-electron chi connectivity index (χ2n) is 3.74. The van der Waals surface area contributed by atoms with Gasteiger partial charge < -0.3 is 4.90 Å². The van der Waals surface area contributed by atoms with Gasteiger partial charge in [-0.3, -0.25) is 4.79 Å². The molecule has 0 aliphatic heterocycles. The zero-order valence-electron chi connectivity index (χ0n) is 9.65. The van der Waals surface area contributed by atoms with Crippen LogP contribution in [0.1, 0.15) is 24.2 Å². The number of nitrogens with zero attached hydrogens (tertiary/aromatic N) is 1. The van der Waals surface area contributed by atoms with Crippen LogP contribution in [0.15, 0.2) is 29.2 Å². The lowest BCUT2D eigenvalue weighted by atomic mass is 10.2. The molecule has 1 aromatic rings. The Kier molecular flexibility index (Phi) is 4.21. The summed E-state index contributed by atoms with van der Waals surface area (Å²) in [5.74, 6) is 0.0812. The number of hydrogen-bond acceptors (Lipinski definition) is 2. The first-order valence-corrected chi connectivity index (χ1v) is 6.20. The van der Waals surface area contributed by atoms with Gasteiger partial charge in [-0.25, -0.2) is 0 Å². The van der Waals surface area contributed by atoms with Crippen LogP contribution in [0.5, 0.6) is 0 Å². The van der Waals surface area contributed by atoms with E-state index in [1.54, 1.807) is 16.7 Å². The summed E-state index contributed by atoms with van der Waals surface area (Å²) in [6, 6.07) is 7.95. The monoisotopic (exact) mass is 223 g/mol. The highest BCUT2D eigenvalue weighted by atomic mass is 32.2. The molecule has 0 aromatic heterocycles. The van der Waals surface area contributed by atoms with Crippen LogP contribution in [0.25, 0.3) is 0 Å². The first kappa shape index (κ1) is 12.1. The Morgan fingerprint density at radius 1 is 1.27 bits per heavy atom. The first-order valence-electron chi connectivity index (χ1n) is 4.97. The highest BCUT2D eigenvalue weighted by Gasteiger charge is 2.13. The van der Waals surface area contributed by atoms with Crippen LogP contribution in [-0.4, -0.2) is 30.2 Å². The fourth-order valence-corrected chi connectivity index (χ4v) is 1.58. The standard InChI is InChI=1S/C12H17NOS/c1-9(2)13(3)12(14)10-5-7-11(15-4)8-6-10/h5-9H,1-4H3. The van der Waals surface area contributed by atoms with Crippen LogP contribution in [0.2, 0.25) is 0 Å². The summed E-state index contributed by atoms with van der Waals surface area (Å²) in [5, 5.41) is 0. The summed E-state index contributed by atoms with van der Waals surface area (Å²) in [6.07, 6.45) is 2.02. The molecule has 82 valence electrons. The van der Waals surface area contributed by atoms with E-state index in [0.717, 1.165) is 5.56 Å². The van der Waals surface area contributed by atoms with Crippen molar-refractivity contribution in [1.29, 1.82) is 0 Å². The zero-order valence-corrected chi connectivity index (χ0v) is 10.5. The van der Waals surface area contributed by atoms with E-state index in [4.69, 9.17) is 0 Å². The average Bonchev–Trinajstić information content (AvgIpc) is 2.27. The number of hydrogen-bond donors (Lipinski definition) is 0. The fourth-order valence-electron chi connectivity index (χ4n) is 1.17. The summed E-state index contributed by atoms with van der Waals surface area (Å²) in [4.78, 5) is 14.8. The van der Waals surface area contributed by atoms with Crippen molar-refractivity contribution in [2.24, 2.45) is 0 Å².